The molecule has 0 heterocycles. The quantitative estimate of drug-likeness (QED) is 0.772. The van der Waals surface area contributed by atoms with Crippen LogP contribution in [0.1, 0.15) is 23.1 Å². The van der Waals surface area contributed by atoms with Gasteiger partial charge in [0.1, 0.15) is 0 Å². The van der Waals surface area contributed by atoms with E-state index in [1.807, 2.05) is 62.4 Å². The Morgan fingerprint density at radius 2 is 1.65 bits per heavy atom. The van der Waals surface area contributed by atoms with E-state index >= 15 is 0 Å². The number of anilines is 1. The summed E-state index contributed by atoms with van der Waals surface area (Å²) in [7, 11) is -3.45. The standard InChI is InChI=1S/C20H26N2O3S/c1-16-12-17(2)14-19(13-16)21-20(23)15-22(26(3,24)25)11-7-10-18-8-5-4-6-9-18/h4-6,8-9,12-14H,7,10-11,15H2,1-3H3,(H,21,23). The van der Waals surface area contributed by atoms with Crippen molar-refractivity contribution in [3.63, 3.8) is 0 Å². The van der Waals surface area contributed by atoms with Gasteiger partial charge in [0.15, 0.2) is 0 Å². The number of carbonyl (C=O) groups is 1. The third-order valence-corrected chi connectivity index (χ3v) is 5.26. The van der Waals surface area contributed by atoms with Gasteiger partial charge in [0.2, 0.25) is 15.9 Å². The van der Waals surface area contributed by atoms with E-state index in [2.05, 4.69) is 5.32 Å². The van der Waals surface area contributed by atoms with E-state index in [-0.39, 0.29) is 12.5 Å². The molecule has 0 aliphatic heterocycles. The summed E-state index contributed by atoms with van der Waals surface area (Å²) in [6, 6.07) is 15.6. The summed E-state index contributed by atoms with van der Waals surface area (Å²) in [4.78, 5) is 12.3. The first-order chi connectivity index (χ1) is 12.2. The van der Waals surface area contributed by atoms with E-state index in [9.17, 15) is 13.2 Å². The molecule has 0 aliphatic rings. The van der Waals surface area contributed by atoms with Gasteiger partial charge in [-0.1, -0.05) is 36.4 Å². The number of nitrogens with zero attached hydrogens (tertiary/aromatic N) is 1. The summed E-state index contributed by atoms with van der Waals surface area (Å²) < 4.78 is 25.3. The summed E-state index contributed by atoms with van der Waals surface area (Å²) in [5.41, 5.74) is 3.93. The molecule has 0 fully saturated rings. The molecule has 0 spiro atoms. The maximum Gasteiger partial charge on any atom is 0.239 e. The van der Waals surface area contributed by atoms with Crippen LogP contribution in [0.25, 0.3) is 0 Å². The summed E-state index contributed by atoms with van der Waals surface area (Å²) in [5, 5.41) is 2.79. The minimum Gasteiger partial charge on any atom is -0.325 e. The molecule has 0 aliphatic carbocycles. The Labute approximate surface area is 156 Å². The van der Waals surface area contributed by atoms with Crippen LogP contribution in [-0.4, -0.2) is 38.0 Å². The van der Waals surface area contributed by atoms with Gasteiger partial charge in [0.05, 0.1) is 12.8 Å². The molecule has 1 N–H and O–H groups in total. The van der Waals surface area contributed by atoms with Crippen molar-refractivity contribution in [3.8, 4) is 0 Å². The van der Waals surface area contributed by atoms with E-state index in [0.29, 0.717) is 18.7 Å². The van der Waals surface area contributed by atoms with Gasteiger partial charge in [-0.3, -0.25) is 4.79 Å². The number of rotatable bonds is 8. The molecule has 2 aromatic rings. The van der Waals surface area contributed by atoms with Crippen LogP contribution >= 0.6 is 0 Å². The van der Waals surface area contributed by atoms with Crippen LogP contribution in [0.3, 0.4) is 0 Å². The summed E-state index contributed by atoms with van der Waals surface area (Å²) >= 11 is 0. The Hall–Kier alpha value is -2.18. The molecule has 0 radical (unpaired) electrons. The van der Waals surface area contributed by atoms with Gasteiger partial charge >= 0.3 is 0 Å². The molecule has 0 saturated carbocycles. The number of aryl methyl sites for hydroxylation is 3. The third kappa shape index (κ3) is 6.61. The summed E-state index contributed by atoms with van der Waals surface area (Å²) in [5.74, 6) is -0.333. The second-order valence-corrected chi connectivity index (χ2v) is 8.59. The van der Waals surface area contributed by atoms with E-state index < -0.39 is 10.0 Å². The van der Waals surface area contributed by atoms with Gasteiger partial charge in [-0.05, 0) is 55.5 Å². The maximum absolute atomic E-state index is 12.3. The van der Waals surface area contributed by atoms with Crippen molar-refractivity contribution >= 4 is 21.6 Å². The molecule has 5 nitrogen and oxygen atoms in total. The van der Waals surface area contributed by atoms with Crippen molar-refractivity contribution in [3.05, 3.63) is 65.2 Å². The summed E-state index contributed by atoms with van der Waals surface area (Å²) in [6.45, 7) is 4.04. The number of sulfonamides is 1. The SMILES string of the molecule is Cc1cc(C)cc(NC(=O)CN(CCCc2ccccc2)S(C)(=O)=O)c1. The lowest BCUT2D eigenvalue weighted by Gasteiger charge is -2.19. The van der Waals surface area contributed by atoms with E-state index in [0.717, 1.165) is 29.4 Å². The van der Waals surface area contributed by atoms with Crippen LogP contribution < -0.4 is 5.32 Å². The average molecular weight is 375 g/mol. The molecule has 2 aromatic carbocycles. The van der Waals surface area contributed by atoms with Crippen LogP contribution in [0.4, 0.5) is 5.69 Å². The molecule has 0 aromatic heterocycles. The number of hydrogen-bond acceptors (Lipinski definition) is 3. The van der Waals surface area contributed by atoms with E-state index in [1.54, 1.807) is 0 Å². The fourth-order valence-corrected chi connectivity index (χ4v) is 3.69. The fourth-order valence-electron chi connectivity index (χ4n) is 2.87. The molecule has 140 valence electrons. The van der Waals surface area contributed by atoms with Gasteiger partial charge in [0, 0.05) is 12.2 Å². The zero-order valence-corrected chi connectivity index (χ0v) is 16.3. The van der Waals surface area contributed by atoms with Crippen LogP contribution in [0, 0.1) is 13.8 Å². The first kappa shape index (κ1) is 20.1. The molecule has 1 amide bonds. The Balaban J connectivity index is 1.95. The van der Waals surface area contributed by atoms with Crippen molar-refractivity contribution in [1.29, 1.82) is 0 Å². The highest BCUT2D eigenvalue weighted by Crippen LogP contribution is 2.14. The third-order valence-electron chi connectivity index (χ3n) is 4.01. The Kier molecular flexibility index (Phi) is 6.94. The largest absolute Gasteiger partial charge is 0.325 e. The Bertz CT molecular complexity index is 828. The molecule has 2 rings (SSSR count). The van der Waals surface area contributed by atoms with Crippen LogP contribution in [-0.2, 0) is 21.2 Å². The highest BCUT2D eigenvalue weighted by Gasteiger charge is 2.20. The topological polar surface area (TPSA) is 66.5 Å². The van der Waals surface area contributed by atoms with Crippen molar-refractivity contribution in [2.75, 3.05) is 24.7 Å². The maximum atomic E-state index is 12.3. The van der Waals surface area contributed by atoms with Crippen molar-refractivity contribution in [2.45, 2.75) is 26.7 Å². The van der Waals surface area contributed by atoms with Crippen LogP contribution in [0.15, 0.2) is 48.5 Å². The van der Waals surface area contributed by atoms with Crippen LogP contribution in [0.2, 0.25) is 0 Å². The minimum atomic E-state index is -3.45. The average Bonchev–Trinajstić information content (AvgIpc) is 2.53. The molecule has 6 heteroatoms. The smallest absolute Gasteiger partial charge is 0.239 e. The predicted molar refractivity (Wildman–Crippen MR) is 106 cm³/mol. The van der Waals surface area contributed by atoms with Gasteiger partial charge in [-0.25, -0.2) is 8.42 Å². The normalized spacial score (nSPS) is 11.5. The van der Waals surface area contributed by atoms with Gasteiger partial charge < -0.3 is 5.32 Å². The first-order valence-electron chi connectivity index (χ1n) is 8.61. The number of amides is 1. The monoisotopic (exact) mass is 374 g/mol. The Morgan fingerprint density at radius 3 is 2.23 bits per heavy atom. The lowest BCUT2D eigenvalue weighted by Crippen LogP contribution is -2.38. The zero-order valence-electron chi connectivity index (χ0n) is 15.5. The van der Waals surface area contributed by atoms with Gasteiger partial charge in [0.25, 0.3) is 0 Å². The van der Waals surface area contributed by atoms with E-state index in [4.69, 9.17) is 0 Å². The van der Waals surface area contributed by atoms with Gasteiger partial charge in [-0.15, -0.1) is 0 Å². The zero-order chi connectivity index (χ0) is 19.2. The number of nitrogens with one attached hydrogen (secondary N) is 1. The molecular formula is C20H26N2O3S. The summed E-state index contributed by atoms with van der Waals surface area (Å²) in [6.07, 6.45) is 2.57. The molecule has 0 unspecified atom stereocenters. The highest BCUT2D eigenvalue weighted by molar-refractivity contribution is 7.88. The Morgan fingerprint density at radius 1 is 1.04 bits per heavy atom. The highest BCUT2D eigenvalue weighted by atomic mass is 32.2. The van der Waals surface area contributed by atoms with Crippen molar-refractivity contribution in [1.82, 2.24) is 4.31 Å². The van der Waals surface area contributed by atoms with Crippen LogP contribution in [0.5, 0.6) is 0 Å². The number of carbonyl (C=O) groups excluding carboxylic acids is 1. The lowest BCUT2D eigenvalue weighted by molar-refractivity contribution is -0.116. The van der Waals surface area contributed by atoms with Crippen molar-refractivity contribution in [2.24, 2.45) is 0 Å². The fraction of sp³-hybridized carbons (Fsp3) is 0.350. The first-order valence-corrected chi connectivity index (χ1v) is 10.5. The van der Waals surface area contributed by atoms with E-state index in [1.165, 1.54) is 4.31 Å². The molecular weight excluding hydrogens is 348 g/mol. The minimum absolute atomic E-state index is 0.180. The second kappa shape index (κ2) is 8.96. The molecule has 26 heavy (non-hydrogen) atoms. The lowest BCUT2D eigenvalue weighted by atomic mass is 10.1. The second-order valence-electron chi connectivity index (χ2n) is 6.61. The van der Waals surface area contributed by atoms with Crippen molar-refractivity contribution < 1.29 is 13.2 Å². The predicted octanol–water partition coefficient (Wildman–Crippen LogP) is 3.14. The number of benzene rings is 2. The molecule has 0 atom stereocenters. The molecule has 0 bridgehead atoms. The van der Waals surface area contributed by atoms with Gasteiger partial charge in [-0.2, -0.15) is 4.31 Å². The molecule has 0 saturated heterocycles. The number of hydrogen-bond donors (Lipinski definition) is 1.